The van der Waals surface area contributed by atoms with Crippen molar-refractivity contribution in [1.82, 2.24) is 9.80 Å². The first-order valence-corrected chi connectivity index (χ1v) is 14.0. The Hall–Kier alpha value is -4.13. The van der Waals surface area contributed by atoms with E-state index >= 15 is 0 Å². The van der Waals surface area contributed by atoms with Gasteiger partial charge in [-0.25, -0.2) is 9.59 Å². The van der Waals surface area contributed by atoms with E-state index in [9.17, 15) is 14.4 Å². The Balaban J connectivity index is 1.52. The number of urea groups is 1. The van der Waals surface area contributed by atoms with Gasteiger partial charge in [0.1, 0.15) is 12.6 Å². The molecule has 1 heterocycles. The van der Waals surface area contributed by atoms with Crippen molar-refractivity contribution < 1.29 is 23.9 Å². The van der Waals surface area contributed by atoms with Gasteiger partial charge in [-0.05, 0) is 48.9 Å². The van der Waals surface area contributed by atoms with Gasteiger partial charge in [0.05, 0.1) is 12.5 Å². The zero-order valence-corrected chi connectivity index (χ0v) is 23.3. The zero-order chi connectivity index (χ0) is 28.3. The number of carbonyl (C=O) groups excluding carboxylic acids is 3. The number of fused-ring (bicyclic) bond motifs is 1. The number of hydrogen-bond donors (Lipinski definition) is 0. The highest BCUT2D eigenvalue weighted by Crippen LogP contribution is 2.26. The Morgan fingerprint density at radius 2 is 1.48 bits per heavy atom. The molecule has 0 N–H and O–H groups in total. The van der Waals surface area contributed by atoms with E-state index in [0.717, 1.165) is 22.3 Å². The fourth-order valence-corrected chi connectivity index (χ4v) is 5.08. The van der Waals surface area contributed by atoms with Crippen LogP contribution in [0, 0.1) is 5.92 Å². The zero-order valence-electron chi connectivity index (χ0n) is 23.3. The molecule has 0 aliphatic carbocycles. The molecule has 0 fully saturated rings. The second kappa shape index (κ2) is 14.3. The summed E-state index contributed by atoms with van der Waals surface area (Å²) in [7, 11) is 0. The lowest BCUT2D eigenvalue weighted by Gasteiger charge is -2.39. The molecule has 3 aromatic carbocycles. The van der Waals surface area contributed by atoms with E-state index in [1.165, 1.54) is 0 Å². The summed E-state index contributed by atoms with van der Waals surface area (Å²) in [4.78, 5) is 43.6. The number of nitrogens with zero attached hydrogens (tertiary/aromatic N) is 2. The summed E-state index contributed by atoms with van der Waals surface area (Å²) in [5, 5.41) is 0. The fourth-order valence-electron chi connectivity index (χ4n) is 5.08. The second-order valence-electron chi connectivity index (χ2n) is 10.0. The molecular weight excluding hydrogens is 504 g/mol. The normalized spacial score (nSPS) is 15.1. The van der Waals surface area contributed by atoms with Crippen molar-refractivity contribution in [3.63, 3.8) is 0 Å². The lowest BCUT2D eigenvalue weighted by molar-refractivity contribution is -0.152. The number of benzene rings is 3. The van der Waals surface area contributed by atoms with E-state index in [1.807, 2.05) is 91.9 Å². The van der Waals surface area contributed by atoms with Crippen LogP contribution < -0.4 is 0 Å². The highest BCUT2D eigenvalue weighted by Gasteiger charge is 2.38. The van der Waals surface area contributed by atoms with Crippen LogP contribution in [0.2, 0.25) is 0 Å². The molecule has 0 saturated heterocycles. The molecule has 1 aliphatic rings. The van der Waals surface area contributed by atoms with E-state index in [2.05, 4.69) is 0 Å². The average molecular weight is 543 g/mol. The van der Waals surface area contributed by atoms with Gasteiger partial charge in [0.15, 0.2) is 0 Å². The molecule has 2 atom stereocenters. The molecule has 3 aromatic rings. The molecule has 2 amide bonds. The second-order valence-corrected chi connectivity index (χ2v) is 10.0. The average Bonchev–Trinajstić information content (AvgIpc) is 3.00. The third-order valence-corrected chi connectivity index (χ3v) is 7.33. The van der Waals surface area contributed by atoms with Gasteiger partial charge in [-0.15, -0.1) is 0 Å². The van der Waals surface area contributed by atoms with Gasteiger partial charge in [0, 0.05) is 26.1 Å². The molecule has 0 radical (unpaired) electrons. The SMILES string of the molecule is CCOC(=O)[C@@H](CCc1ccccc1)CN(CC)C(=O)N1Cc2ccccc2C[C@H]1C(=O)OCc1ccccc1. The molecule has 1 aliphatic heterocycles. The molecule has 40 heavy (non-hydrogen) atoms. The van der Waals surface area contributed by atoms with Crippen molar-refractivity contribution >= 4 is 18.0 Å². The molecule has 7 nitrogen and oxygen atoms in total. The van der Waals surface area contributed by atoms with E-state index in [0.29, 0.717) is 32.4 Å². The van der Waals surface area contributed by atoms with Crippen molar-refractivity contribution in [3.8, 4) is 0 Å². The van der Waals surface area contributed by atoms with Crippen LogP contribution in [0.1, 0.15) is 42.5 Å². The lowest BCUT2D eigenvalue weighted by atomic mass is 9.94. The molecule has 7 heteroatoms. The number of hydrogen-bond acceptors (Lipinski definition) is 5. The van der Waals surface area contributed by atoms with Crippen LogP contribution in [0.4, 0.5) is 4.79 Å². The van der Waals surface area contributed by atoms with Gasteiger partial charge in [-0.2, -0.15) is 0 Å². The van der Waals surface area contributed by atoms with Crippen molar-refractivity contribution in [2.45, 2.75) is 52.3 Å². The predicted octanol–water partition coefficient (Wildman–Crippen LogP) is 5.41. The number of amides is 2. The van der Waals surface area contributed by atoms with Gasteiger partial charge < -0.3 is 19.3 Å². The Bertz CT molecular complexity index is 1260. The van der Waals surface area contributed by atoms with E-state index in [-0.39, 0.29) is 31.8 Å². The minimum Gasteiger partial charge on any atom is -0.466 e. The standard InChI is InChI=1S/C33H38N2O5/c1-3-34(22-29(31(36)39-4-2)20-19-25-13-7-5-8-14-25)33(38)35-23-28-18-12-11-17-27(28)21-30(35)32(37)40-24-26-15-9-6-10-16-26/h5-18,29-30H,3-4,19-24H2,1-2H3/t29-,30-/m0/s1. The third kappa shape index (κ3) is 7.50. The van der Waals surface area contributed by atoms with Crippen LogP contribution in [-0.2, 0) is 45.1 Å². The molecular formula is C33H38N2O5. The smallest absolute Gasteiger partial charge is 0.329 e. The van der Waals surface area contributed by atoms with E-state index < -0.39 is 17.9 Å². The van der Waals surface area contributed by atoms with Crippen LogP contribution >= 0.6 is 0 Å². The van der Waals surface area contributed by atoms with Gasteiger partial charge in [0.25, 0.3) is 0 Å². The maximum absolute atomic E-state index is 14.0. The molecule has 0 saturated carbocycles. The number of carbonyl (C=O) groups is 3. The first-order chi connectivity index (χ1) is 19.5. The largest absolute Gasteiger partial charge is 0.466 e. The minimum absolute atomic E-state index is 0.141. The monoisotopic (exact) mass is 542 g/mol. The van der Waals surface area contributed by atoms with Crippen molar-refractivity contribution in [3.05, 3.63) is 107 Å². The number of rotatable bonds is 11. The summed E-state index contributed by atoms with van der Waals surface area (Å²) in [6, 6.07) is 26.3. The van der Waals surface area contributed by atoms with E-state index in [4.69, 9.17) is 9.47 Å². The number of esters is 2. The molecule has 0 aromatic heterocycles. The summed E-state index contributed by atoms with van der Waals surface area (Å²) in [5.74, 6) is -1.23. The molecule has 0 bridgehead atoms. The highest BCUT2D eigenvalue weighted by atomic mass is 16.5. The third-order valence-electron chi connectivity index (χ3n) is 7.33. The van der Waals surface area contributed by atoms with Crippen LogP contribution in [0.15, 0.2) is 84.9 Å². The van der Waals surface area contributed by atoms with Crippen LogP contribution in [0.5, 0.6) is 0 Å². The molecule has 0 spiro atoms. The van der Waals surface area contributed by atoms with Crippen molar-refractivity contribution in [1.29, 1.82) is 0 Å². The Labute approximate surface area is 236 Å². The Morgan fingerprint density at radius 1 is 0.850 bits per heavy atom. The highest BCUT2D eigenvalue weighted by molar-refractivity contribution is 5.85. The van der Waals surface area contributed by atoms with E-state index in [1.54, 1.807) is 16.7 Å². The minimum atomic E-state index is -0.759. The molecule has 4 rings (SSSR count). The fraction of sp³-hybridized carbons (Fsp3) is 0.364. The van der Waals surface area contributed by atoms with Gasteiger partial charge in [-0.3, -0.25) is 4.79 Å². The first-order valence-electron chi connectivity index (χ1n) is 14.0. The number of aryl methyl sites for hydroxylation is 1. The number of ether oxygens (including phenoxy) is 2. The Kier molecular flexibility index (Phi) is 10.3. The summed E-state index contributed by atoms with van der Waals surface area (Å²) in [6.07, 6.45) is 1.63. The van der Waals surface area contributed by atoms with Gasteiger partial charge >= 0.3 is 18.0 Å². The van der Waals surface area contributed by atoms with Crippen LogP contribution in [0.3, 0.4) is 0 Å². The maximum atomic E-state index is 14.0. The van der Waals surface area contributed by atoms with Crippen molar-refractivity contribution in [2.75, 3.05) is 19.7 Å². The molecule has 0 unspecified atom stereocenters. The summed E-state index contributed by atoms with van der Waals surface area (Å²) >= 11 is 0. The maximum Gasteiger partial charge on any atom is 0.329 e. The van der Waals surface area contributed by atoms with Gasteiger partial charge in [0.2, 0.25) is 0 Å². The summed E-state index contributed by atoms with van der Waals surface area (Å²) < 4.78 is 11.1. The summed E-state index contributed by atoms with van der Waals surface area (Å²) in [5.41, 5.74) is 4.05. The summed E-state index contributed by atoms with van der Waals surface area (Å²) in [6.45, 7) is 4.99. The van der Waals surface area contributed by atoms with Gasteiger partial charge in [-0.1, -0.05) is 84.9 Å². The quantitative estimate of drug-likeness (QED) is 0.303. The molecule has 210 valence electrons. The predicted molar refractivity (Wildman–Crippen MR) is 153 cm³/mol. The van der Waals surface area contributed by atoms with Crippen LogP contribution in [-0.4, -0.2) is 53.5 Å². The Morgan fingerprint density at radius 3 is 2.12 bits per heavy atom. The first kappa shape index (κ1) is 28.9. The topological polar surface area (TPSA) is 76.2 Å². The van der Waals surface area contributed by atoms with Crippen molar-refractivity contribution in [2.24, 2.45) is 5.92 Å². The van der Waals surface area contributed by atoms with Crippen LogP contribution in [0.25, 0.3) is 0 Å². The lowest BCUT2D eigenvalue weighted by Crippen LogP contribution is -2.54.